The summed E-state index contributed by atoms with van der Waals surface area (Å²) in [5, 5.41) is 12.3. The van der Waals surface area contributed by atoms with Crippen molar-refractivity contribution in [3.63, 3.8) is 0 Å². The minimum atomic E-state index is -0.790. The third kappa shape index (κ3) is 4.59. The topological polar surface area (TPSA) is 78.9 Å². The Morgan fingerprint density at radius 3 is 2.26 bits per heavy atom. The van der Waals surface area contributed by atoms with E-state index in [0.29, 0.717) is 18.9 Å². The van der Waals surface area contributed by atoms with Crippen LogP contribution >= 0.6 is 0 Å². The first-order valence-electron chi connectivity index (χ1n) is 8.68. The van der Waals surface area contributed by atoms with E-state index in [1.807, 2.05) is 32.6 Å². The molecule has 0 aromatic heterocycles. The maximum Gasteiger partial charge on any atom is 0.410 e. The molecular weight excluding hydrogens is 296 g/mol. The van der Waals surface area contributed by atoms with Crippen LogP contribution in [0, 0.1) is 5.92 Å². The molecule has 0 radical (unpaired) electrons. The third-order valence-corrected chi connectivity index (χ3v) is 4.79. The van der Waals surface area contributed by atoms with Gasteiger partial charge >= 0.3 is 12.1 Å². The molecule has 3 atom stereocenters. The zero-order valence-electron chi connectivity index (χ0n) is 14.7. The number of carbonyl (C=O) groups excluding carboxylic acids is 1. The second-order valence-corrected chi connectivity index (χ2v) is 7.82. The Kier molecular flexibility index (Phi) is 5.55. The molecule has 0 aromatic rings. The zero-order valence-corrected chi connectivity index (χ0v) is 14.7. The van der Waals surface area contributed by atoms with E-state index >= 15 is 0 Å². The molecule has 6 heteroatoms. The highest BCUT2D eigenvalue weighted by Gasteiger charge is 2.44. The van der Waals surface area contributed by atoms with Crippen LogP contribution < -0.4 is 5.32 Å². The van der Waals surface area contributed by atoms with E-state index in [9.17, 15) is 9.59 Å². The Morgan fingerprint density at radius 2 is 1.83 bits per heavy atom. The molecule has 2 rings (SSSR count). The van der Waals surface area contributed by atoms with Crippen molar-refractivity contribution >= 4 is 12.1 Å². The van der Waals surface area contributed by atoms with Gasteiger partial charge in [0, 0.05) is 12.1 Å². The number of hydrogen-bond acceptors (Lipinski definition) is 4. The van der Waals surface area contributed by atoms with Crippen LogP contribution in [0.1, 0.15) is 59.8 Å². The fourth-order valence-corrected chi connectivity index (χ4v) is 3.78. The summed E-state index contributed by atoms with van der Waals surface area (Å²) in [4.78, 5) is 25.4. The number of fused-ring (bicyclic) bond motifs is 2. The fraction of sp³-hybridized carbons (Fsp3) is 0.882. The van der Waals surface area contributed by atoms with E-state index in [-0.39, 0.29) is 18.2 Å². The Balaban J connectivity index is 1.89. The zero-order chi connectivity index (χ0) is 17.2. The maximum absolute atomic E-state index is 12.4. The second-order valence-electron chi connectivity index (χ2n) is 7.82. The van der Waals surface area contributed by atoms with E-state index in [1.165, 1.54) is 0 Å². The van der Waals surface area contributed by atoms with Crippen LogP contribution in [0.25, 0.3) is 0 Å². The average Bonchev–Trinajstić information content (AvgIpc) is 2.69. The number of carbonyl (C=O) groups is 2. The molecule has 2 N–H and O–H groups in total. The maximum atomic E-state index is 12.4. The van der Waals surface area contributed by atoms with Crippen molar-refractivity contribution in [1.82, 2.24) is 10.2 Å². The van der Waals surface area contributed by atoms with Gasteiger partial charge in [-0.05, 0) is 65.3 Å². The number of ether oxygens (including phenoxy) is 1. The van der Waals surface area contributed by atoms with Crippen LogP contribution in [0.5, 0.6) is 0 Å². The Morgan fingerprint density at radius 1 is 1.26 bits per heavy atom. The molecule has 2 heterocycles. The van der Waals surface area contributed by atoms with Gasteiger partial charge in [-0.2, -0.15) is 0 Å². The molecule has 2 bridgehead atoms. The fourth-order valence-electron chi connectivity index (χ4n) is 3.78. The van der Waals surface area contributed by atoms with Crippen molar-refractivity contribution in [2.24, 2.45) is 5.92 Å². The van der Waals surface area contributed by atoms with E-state index < -0.39 is 17.6 Å². The molecule has 0 aliphatic carbocycles. The summed E-state index contributed by atoms with van der Waals surface area (Å²) in [5.41, 5.74) is -0.467. The van der Waals surface area contributed by atoms with Gasteiger partial charge in [0.2, 0.25) is 0 Å². The molecule has 23 heavy (non-hydrogen) atoms. The lowest BCUT2D eigenvalue weighted by Crippen LogP contribution is -2.50. The lowest BCUT2D eigenvalue weighted by atomic mass is 9.90. The van der Waals surface area contributed by atoms with Gasteiger partial charge in [0.05, 0.1) is 0 Å². The number of carboxylic acid groups (broad SMARTS) is 1. The second kappa shape index (κ2) is 7.07. The van der Waals surface area contributed by atoms with Gasteiger partial charge < -0.3 is 20.1 Å². The molecule has 0 aromatic carbocycles. The molecular formula is C17H30N2O4. The highest BCUT2D eigenvalue weighted by Crippen LogP contribution is 2.39. The van der Waals surface area contributed by atoms with Crippen molar-refractivity contribution < 1.29 is 19.4 Å². The van der Waals surface area contributed by atoms with Gasteiger partial charge in [-0.1, -0.05) is 6.92 Å². The highest BCUT2D eigenvalue weighted by molar-refractivity contribution is 5.73. The Labute approximate surface area is 138 Å². The molecule has 6 nitrogen and oxygen atoms in total. The smallest absolute Gasteiger partial charge is 0.410 e. The molecule has 132 valence electrons. The number of carboxylic acids is 1. The predicted octanol–water partition coefficient (Wildman–Crippen LogP) is 2.62. The van der Waals surface area contributed by atoms with Gasteiger partial charge in [0.15, 0.2) is 0 Å². The van der Waals surface area contributed by atoms with Crippen molar-refractivity contribution in [1.29, 1.82) is 0 Å². The van der Waals surface area contributed by atoms with Gasteiger partial charge in [-0.15, -0.1) is 0 Å². The van der Waals surface area contributed by atoms with E-state index in [2.05, 4.69) is 5.32 Å². The first kappa shape index (κ1) is 18.0. The Bertz CT molecular complexity index is 432. The summed E-state index contributed by atoms with van der Waals surface area (Å²) < 4.78 is 5.53. The lowest BCUT2D eigenvalue weighted by Gasteiger charge is -2.39. The van der Waals surface area contributed by atoms with Crippen molar-refractivity contribution in [3.8, 4) is 0 Å². The summed E-state index contributed by atoms with van der Waals surface area (Å²) in [6, 6.07) is -0.00264. The lowest BCUT2D eigenvalue weighted by molar-refractivity contribution is -0.139. The van der Waals surface area contributed by atoms with Gasteiger partial charge in [0.1, 0.15) is 11.6 Å². The SMILES string of the molecule is CCC(NCC1CC2CCC(C1)N2C(=O)OC(C)(C)C)C(=O)O. The van der Waals surface area contributed by atoms with Gasteiger partial charge in [-0.3, -0.25) is 4.79 Å². The summed E-state index contributed by atoms with van der Waals surface area (Å²) in [6.45, 7) is 8.25. The minimum absolute atomic E-state index is 0.201. The number of hydrogen-bond donors (Lipinski definition) is 2. The quantitative estimate of drug-likeness (QED) is 0.812. The molecule has 1 amide bonds. The monoisotopic (exact) mass is 326 g/mol. The van der Waals surface area contributed by atoms with Crippen LogP contribution in [0.4, 0.5) is 4.79 Å². The summed E-state index contributed by atoms with van der Waals surface area (Å²) in [7, 11) is 0. The highest BCUT2D eigenvalue weighted by atomic mass is 16.6. The molecule has 2 saturated heterocycles. The van der Waals surface area contributed by atoms with Crippen LogP contribution in [-0.2, 0) is 9.53 Å². The predicted molar refractivity (Wildman–Crippen MR) is 87.3 cm³/mol. The molecule has 2 aliphatic heterocycles. The van der Waals surface area contributed by atoms with Crippen LogP contribution in [0.3, 0.4) is 0 Å². The van der Waals surface area contributed by atoms with E-state index in [1.54, 1.807) is 0 Å². The standard InChI is InChI=1S/C17H30N2O4/c1-5-14(15(20)21)18-10-11-8-12-6-7-13(9-11)19(12)16(22)23-17(2,3)4/h11-14,18H,5-10H2,1-4H3,(H,20,21). The first-order chi connectivity index (χ1) is 10.7. The van der Waals surface area contributed by atoms with Gasteiger partial charge in [-0.25, -0.2) is 4.79 Å². The number of piperidine rings is 1. The number of nitrogens with one attached hydrogen (secondary N) is 1. The minimum Gasteiger partial charge on any atom is -0.480 e. The molecule has 0 spiro atoms. The number of nitrogens with zero attached hydrogens (tertiary/aromatic N) is 1. The third-order valence-electron chi connectivity index (χ3n) is 4.79. The van der Waals surface area contributed by atoms with Crippen LogP contribution in [0.15, 0.2) is 0 Å². The number of rotatable bonds is 5. The number of amides is 1. The van der Waals surface area contributed by atoms with Crippen LogP contribution in [-0.4, -0.2) is 52.3 Å². The van der Waals surface area contributed by atoms with Crippen LogP contribution in [0.2, 0.25) is 0 Å². The average molecular weight is 326 g/mol. The van der Waals surface area contributed by atoms with Crippen molar-refractivity contribution in [2.75, 3.05) is 6.54 Å². The largest absolute Gasteiger partial charge is 0.480 e. The first-order valence-corrected chi connectivity index (χ1v) is 8.68. The molecule has 3 unspecified atom stereocenters. The van der Waals surface area contributed by atoms with Crippen molar-refractivity contribution in [3.05, 3.63) is 0 Å². The summed E-state index contributed by atoms with van der Waals surface area (Å²) >= 11 is 0. The summed E-state index contributed by atoms with van der Waals surface area (Å²) in [5.74, 6) is -0.360. The van der Waals surface area contributed by atoms with E-state index in [4.69, 9.17) is 9.84 Å². The molecule has 2 aliphatic rings. The molecule has 2 fully saturated rings. The van der Waals surface area contributed by atoms with Crippen molar-refractivity contribution in [2.45, 2.75) is 83.5 Å². The number of aliphatic carboxylic acids is 1. The normalized spacial score (nSPS) is 28.5. The Hall–Kier alpha value is -1.30. The summed E-state index contributed by atoms with van der Waals surface area (Å²) in [6.07, 6.45) is 4.29. The molecule has 0 saturated carbocycles. The van der Waals surface area contributed by atoms with Gasteiger partial charge in [0.25, 0.3) is 0 Å². The van der Waals surface area contributed by atoms with E-state index in [0.717, 1.165) is 25.7 Å².